The Bertz CT molecular complexity index is 1050. The Morgan fingerprint density at radius 1 is 1.18 bits per heavy atom. The Morgan fingerprint density at radius 3 is 2.95 bits per heavy atom. The van der Waals surface area contributed by atoms with Crippen LogP contribution in [-0.2, 0) is 0 Å². The topological polar surface area (TPSA) is 74.3 Å². The fourth-order valence-electron chi connectivity index (χ4n) is 2.43. The Kier molecular flexibility index (Phi) is 2.65. The van der Waals surface area contributed by atoms with Crippen LogP contribution in [0.15, 0.2) is 53.8 Å². The molecule has 7 heteroatoms. The van der Waals surface area contributed by atoms with Gasteiger partial charge in [-0.25, -0.2) is 4.98 Å². The predicted molar refractivity (Wildman–Crippen MR) is 80.4 cm³/mol. The molecule has 0 spiro atoms. The molecule has 1 aromatic carbocycles. The van der Waals surface area contributed by atoms with Crippen molar-refractivity contribution in [1.82, 2.24) is 24.1 Å². The van der Waals surface area contributed by atoms with Crippen LogP contribution in [0.3, 0.4) is 0 Å². The Labute approximate surface area is 124 Å². The lowest BCUT2D eigenvalue weighted by atomic mass is 10.2. The smallest absolute Gasteiger partial charge is 0.266 e. The highest BCUT2D eigenvalue weighted by molar-refractivity contribution is 5.78. The van der Waals surface area contributed by atoms with Crippen molar-refractivity contribution in [3.05, 3.63) is 59.4 Å². The van der Waals surface area contributed by atoms with Crippen LogP contribution in [0.1, 0.15) is 0 Å². The molecule has 108 valence electrons. The zero-order valence-corrected chi connectivity index (χ0v) is 11.7. The number of pyridine rings is 1. The molecule has 0 saturated carbocycles. The van der Waals surface area contributed by atoms with Crippen LogP contribution in [0, 0.1) is 0 Å². The number of benzene rings is 1. The summed E-state index contributed by atoms with van der Waals surface area (Å²) >= 11 is 0. The first-order chi connectivity index (χ1) is 10.8. The summed E-state index contributed by atoms with van der Waals surface area (Å²) in [6.07, 6.45) is 4.65. The highest BCUT2D eigenvalue weighted by Gasteiger charge is 2.09. The second-order valence-electron chi connectivity index (χ2n) is 4.72. The molecule has 0 aliphatic heterocycles. The van der Waals surface area contributed by atoms with Gasteiger partial charge in [0.05, 0.1) is 23.7 Å². The van der Waals surface area contributed by atoms with Crippen LogP contribution in [0.2, 0.25) is 0 Å². The number of aromatic nitrogens is 5. The van der Waals surface area contributed by atoms with Crippen LogP contribution >= 0.6 is 0 Å². The second kappa shape index (κ2) is 4.66. The van der Waals surface area contributed by atoms with Crippen molar-refractivity contribution in [3.63, 3.8) is 0 Å². The van der Waals surface area contributed by atoms with Gasteiger partial charge in [-0.05, 0) is 18.2 Å². The number of fused-ring (bicyclic) bond motifs is 3. The highest BCUT2D eigenvalue weighted by Crippen LogP contribution is 2.16. The van der Waals surface area contributed by atoms with Crippen LogP contribution in [0.5, 0.6) is 5.75 Å². The minimum Gasteiger partial charge on any atom is -0.497 e. The quantitative estimate of drug-likeness (QED) is 0.559. The maximum Gasteiger partial charge on any atom is 0.266 e. The lowest BCUT2D eigenvalue weighted by molar-refractivity contribution is 0.414. The third-order valence-electron chi connectivity index (χ3n) is 3.51. The van der Waals surface area contributed by atoms with E-state index in [0.29, 0.717) is 22.4 Å². The fourth-order valence-corrected chi connectivity index (χ4v) is 2.43. The Hall–Kier alpha value is -3.22. The minimum absolute atomic E-state index is 0.171. The van der Waals surface area contributed by atoms with Gasteiger partial charge in [-0.15, -0.1) is 0 Å². The average molecular weight is 293 g/mol. The molecule has 0 bridgehead atoms. The molecule has 22 heavy (non-hydrogen) atoms. The number of nitrogens with zero attached hydrogens (tertiary/aromatic N) is 5. The van der Waals surface area contributed by atoms with Crippen LogP contribution < -0.4 is 10.3 Å². The molecule has 4 rings (SSSR count). The summed E-state index contributed by atoms with van der Waals surface area (Å²) in [5.74, 6) is 1.15. The monoisotopic (exact) mass is 293 g/mol. The summed E-state index contributed by atoms with van der Waals surface area (Å²) in [6.45, 7) is 0. The third-order valence-corrected chi connectivity index (χ3v) is 3.51. The number of hydrogen-bond acceptors (Lipinski definition) is 5. The molecule has 3 heterocycles. The van der Waals surface area contributed by atoms with E-state index in [9.17, 15) is 4.79 Å². The summed E-state index contributed by atoms with van der Waals surface area (Å²) < 4.78 is 8.30. The first kappa shape index (κ1) is 12.5. The molecule has 0 fully saturated rings. The van der Waals surface area contributed by atoms with E-state index in [-0.39, 0.29) is 5.56 Å². The largest absolute Gasteiger partial charge is 0.497 e. The van der Waals surface area contributed by atoms with E-state index in [1.54, 1.807) is 28.5 Å². The first-order valence-corrected chi connectivity index (χ1v) is 6.62. The second-order valence-corrected chi connectivity index (χ2v) is 4.72. The molecule has 3 aromatic heterocycles. The van der Waals surface area contributed by atoms with E-state index in [1.165, 1.54) is 12.5 Å². The lowest BCUT2D eigenvalue weighted by Crippen LogP contribution is -2.18. The van der Waals surface area contributed by atoms with Gasteiger partial charge in [0.1, 0.15) is 12.1 Å². The van der Waals surface area contributed by atoms with Crippen molar-refractivity contribution in [2.24, 2.45) is 0 Å². The first-order valence-electron chi connectivity index (χ1n) is 6.62. The summed E-state index contributed by atoms with van der Waals surface area (Å²) in [7, 11) is 1.59. The van der Waals surface area contributed by atoms with Gasteiger partial charge >= 0.3 is 0 Å². The molecule has 0 radical (unpaired) electrons. The summed E-state index contributed by atoms with van der Waals surface area (Å²) in [4.78, 5) is 20.9. The van der Waals surface area contributed by atoms with Crippen LogP contribution in [0.4, 0.5) is 0 Å². The molecular formula is C15H11N5O2. The van der Waals surface area contributed by atoms with E-state index in [0.717, 1.165) is 5.69 Å². The number of methoxy groups -OCH3 is 1. The molecule has 0 aliphatic rings. The van der Waals surface area contributed by atoms with Gasteiger partial charge < -0.3 is 4.74 Å². The average Bonchev–Trinajstić information content (AvgIpc) is 3.04. The van der Waals surface area contributed by atoms with Crippen LogP contribution in [0.25, 0.3) is 22.4 Å². The lowest BCUT2D eigenvalue weighted by Gasteiger charge is -2.09. The summed E-state index contributed by atoms with van der Waals surface area (Å²) in [6, 6.07) is 9.13. The highest BCUT2D eigenvalue weighted by atomic mass is 16.5. The van der Waals surface area contributed by atoms with Gasteiger partial charge in [0.25, 0.3) is 11.3 Å². The normalized spacial score (nSPS) is 11.1. The zero-order valence-electron chi connectivity index (χ0n) is 11.7. The number of rotatable bonds is 2. The molecule has 7 nitrogen and oxygen atoms in total. The van der Waals surface area contributed by atoms with E-state index in [1.807, 2.05) is 24.3 Å². The number of ether oxygens (including phenoxy) is 1. The van der Waals surface area contributed by atoms with Crippen molar-refractivity contribution in [1.29, 1.82) is 0 Å². The van der Waals surface area contributed by atoms with Gasteiger partial charge in [0.15, 0.2) is 0 Å². The fraction of sp³-hybridized carbons (Fsp3) is 0.0667. The maximum absolute atomic E-state index is 12.7. The summed E-state index contributed by atoms with van der Waals surface area (Å²) in [5, 5.41) is 4.57. The van der Waals surface area contributed by atoms with E-state index in [4.69, 9.17) is 4.74 Å². The van der Waals surface area contributed by atoms with Gasteiger partial charge in [0.2, 0.25) is 0 Å². The third kappa shape index (κ3) is 1.76. The van der Waals surface area contributed by atoms with Crippen molar-refractivity contribution >= 4 is 16.7 Å². The van der Waals surface area contributed by atoms with Crippen molar-refractivity contribution in [2.45, 2.75) is 0 Å². The molecule has 0 N–H and O–H groups in total. The zero-order chi connectivity index (χ0) is 15.1. The summed E-state index contributed by atoms with van der Waals surface area (Å²) in [5.41, 5.74) is 1.23. The predicted octanol–water partition coefficient (Wildman–Crippen LogP) is 1.44. The minimum atomic E-state index is -0.171. The van der Waals surface area contributed by atoms with Crippen molar-refractivity contribution < 1.29 is 4.74 Å². The Morgan fingerprint density at radius 2 is 2.09 bits per heavy atom. The number of hydrogen-bond donors (Lipinski definition) is 0. The van der Waals surface area contributed by atoms with Crippen LogP contribution in [-0.4, -0.2) is 31.3 Å². The van der Waals surface area contributed by atoms with E-state index in [2.05, 4.69) is 15.1 Å². The van der Waals surface area contributed by atoms with Gasteiger partial charge in [-0.2, -0.15) is 14.6 Å². The molecular weight excluding hydrogens is 282 g/mol. The molecule has 0 atom stereocenters. The van der Waals surface area contributed by atoms with E-state index >= 15 is 0 Å². The molecule has 0 saturated heterocycles. The van der Waals surface area contributed by atoms with Gasteiger partial charge in [0, 0.05) is 18.5 Å². The van der Waals surface area contributed by atoms with Crippen molar-refractivity contribution in [3.8, 4) is 11.4 Å². The van der Waals surface area contributed by atoms with Gasteiger partial charge in [-0.3, -0.25) is 9.36 Å². The Balaban J connectivity index is 2.01. The molecule has 0 aliphatic carbocycles. The SMILES string of the molecule is COc1cccc(-n2ccc3c(cnc4ncnn43)c2=O)c1. The molecule has 4 aromatic rings. The molecule has 0 amide bonds. The maximum atomic E-state index is 12.7. The van der Waals surface area contributed by atoms with Crippen molar-refractivity contribution in [2.75, 3.05) is 7.11 Å². The van der Waals surface area contributed by atoms with Gasteiger partial charge in [-0.1, -0.05) is 6.07 Å². The standard InChI is InChI=1S/C15H11N5O2/c1-22-11-4-2-3-10(7-11)19-6-5-13-12(14(19)21)8-16-15-17-9-18-20(13)15/h2-9H,1H3. The molecule has 0 unspecified atom stereocenters. The van der Waals surface area contributed by atoms with E-state index < -0.39 is 0 Å².